The molecule has 0 atom stereocenters. The fourth-order valence-electron chi connectivity index (χ4n) is 2.68. The Labute approximate surface area is 187 Å². The first kappa shape index (κ1) is 21.0. The van der Waals surface area contributed by atoms with Crippen molar-refractivity contribution >= 4 is 45.4 Å². The molecule has 0 aliphatic heterocycles. The molecular weight excluding hydrogens is 433 g/mol. The Balaban J connectivity index is 1.22. The van der Waals surface area contributed by atoms with E-state index in [1.54, 1.807) is 47.9 Å². The minimum Gasteiger partial charge on any atom is -0.489 e. The number of hydrazone groups is 1. The Bertz CT molecular complexity index is 1180. The monoisotopic (exact) mass is 451 g/mol. The van der Waals surface area contributed by atoms with Crippen molar-refractivity contribution in [1.82, 2.24) is 10.4 Å². The zero-order chi connectivity index (χ0) is 21.5. The van der Waals surface area contributed by atoms with E-state index in [9.17, 15) is 9.18 Å². The highest BCUT2D eigenvalue weighted by Crippen LogP contribution is 2.29. The summed E-state index contributed by atoms with van der Waals surface area (Å²) in [4.78, 5) is 16.5. The quantitative estimate of drug-likeness (QED) is 0.226. The van der Waals surface area contributed by atoms with Crippen LogP contribution in [0.15, 0.2) is 82.2 Å². The third-order valence-electron chi connectivity index (χ3n) is 4.24. The number of hydrogen-bond acceptors (Lipinski definition) is 6. The number of benzene rings is 3. The largest absolute Gasteiger partial charge is 0.489 e. The molecule has 4 aromatic rings. The number of carbonyl (C=O) groups excluding carboxylic acids is 1. The number of para-hydroxylation sites is 1. The minimum absolute atomic E-state index is 0.155. The van der Waals surface area contributed by atoms with Crippen molar-refractivity contribution in [1.29, 1.82) is 0 Å². The molecule has 0 bridgehead atoms. The molecule has 3 aromatic carbocycles. The van der Waals surface area contributed by atoms with Crippen LogP contribution in [0.3, 0.4) is 0 Å². The van der Waals surface area contributed by atoms with Gasteiger partial charge in [0, 0.05) is 5.56 Å². The molecule has 0 saturated heterocycles. The molecule has 5 nitrogen and oxygen atoms in total. The molecule has 0 fully saturated rings. The van der Waals surface area contributed by atoms with E-state index in [0.717, 1.165) is 20.1 Å². The molecule has 0 radical (unpaired) electrons. The van der Waals surface area contributed by atoms with E-state index in [1.165, 1.54) is 17.8 Å². The third-order valence-corrected chi connectivity index (χ3v) is 6.42. The van der Waals surface area contributed by atoms with Crippen molar-refractivity contribution in [2.45, 2.75) is 10.9 Å². The van der Waals surface area contributed by atoms with Gasteiger partial charge in [-0.2, -0.15) is 5.10 Å². The van der Waals surface area contributed by atoms with Crippen molar-refractivity contribution in [2.75, 3.05) is 5.75 Å². The number of hydrogen-bond donors (Lipinski definition) is 1. The van der Waals surface area contributed by atoms with Gasteiger partial charge in [0.2, 0.25) is 0 Å². The molecule has 1 N–H and O–H groups in total. The number of nitrogens with one attached hydrogen (secondary N) is 1. The van der Waals surface area contributed by atoms with E-state index in [2.05, 4.69) is 15.5 Å². The Kier molecular flexibility index (Phi) is 6.91. The first-order valence-corrected chi connectivity index (χ1v) is 11.2. The average molecular weight is 452 g/mol. The summed E-state index contributed by atoms with van der Waals surface area (Å²) in [5, 5.41) is 3.99. The van der Waals surface area contributed by atoms with E-state index < -0.39 is 0 Å². The van der Waals surface area contributed by atoms with Gasteiger partial charge < -0.3 is 4.74 Å². The summed E-state index contributed by atoms with van der Waals surface area (Å²) in [6.45, 7) is 0.155. The van der Waals surface area contributed by atoms with Gasteiger partial charge in [0.25, 0.3) is 5.91 Å². The summed E-state index contributed by atoms with van der Waals surface area (Å²) in [6, 6.07) is 21.5. The summed E-state index contributed by atoms with van der Waals surface area (Å²) >= 11 is 2.95. The second-order valence-electron chi connectivity index (χ2n) is 6.48. The van der Waals surface area contributed by atoms with Gasteiger partial charge in [-0.3, -0.25) is 4.79 Å². The predicted octanol–water partition coefficient (Wildman–Crippen LogP) is 5.26. The van der Waals surface area contributed by atoms with Crippen molar-refractivity contribution in [3.05, 3.63) is 89.7 Å². The van der Waals surface area contributed by atoms with Crippen molar-refractivity contribution < 1.29 is 13.9 Å². The number of amides is 1. The number of halogens is 1. The van der Waals surface area contributed by atoms with E-state index >= 15 is 0 Å². The van der Waals surface area contributed by atoms with E-state index in [-0.39, 0.29) is 24.1 Å². The summed E-state index contributed by atoms with van der Waals surface area (Å²) in [5.74, 6) is 0.366. The van der Waals surface area contributed by atoms with E-state index in [0.29, 0.717) is 11.3 Å². The zero-order valence-corrected chi connectivity index (χ0v) is 18.0. The Hall–Kier alpha value is -3.23. The molecule has 1 heterocycles. The van der Waals surface area contributed by atoms with Gasteiger partial charge in [-0.15, -0.1) is 11.3 Å². The van der Waals surface area contributed by atoms with Crippen LogP contribution in [0, 0.1) is 5.82 Å². The second-order valence-corrected chi connectivity index (χ2v) is 8.73. The van der Waals surface area contributed by atoms with Gasteiger partial charge in [-0.1, -0.05) is 42.1 Å². The number of nitrogens with zero attached hydrogens (tertiary/aromatic N) is 2. The molecule has 1 amide bonds. The lowest BCUT2D eigenvalue weighted by Crippen LogP contribution is -2.19. The van der Waals surface area contributed by atoms with E-state index in [1.807, 2.05) is 36.4 Å². The molecule has 31 heavy (non-hydrogen) atoms. The normalized spacial score (nSPS) is 11.1. The maximum absolute atomic E-state index is 13.6. The highest BCUT2D eigenvalue weighted by molar-refractivity contribution is 8.01. The first-order chi connectivity index (χ1) is 15.2. The maximum Gasteiger partial charge on any atom is 0.250 e. The first-order valence-electron chi connectivity index (χ1n) is 9.44. The highest BCUT2D eigenvalue weighted by atomic mass is 32.2. The molecule has 0 spiro atoms. The standard InChI is InChI=1S/C23H18FN3O2S2/c24-19-6-2-1-5-17(19)14-29-18-11-9-16(10-12-18)13-25-27-22(28)15-30-23-26-20-7-3-4-8-21(20)31-23/h1-13H,14-15H2,(H,27,28)/b25-13-. The van der Waals surface area contributed by atoms with Crippen LogP contribution in [-0.4, -0.2) is 22.9 Å². The molecular formula is C23H18FN3O2S2. The van der Waals surface area contributed by atoms with Crippen molar-refractivity contribution in [3.8, 4) is 5.75 Å². The van der Waals surface area contributed by atoms with Crippen LogP contribution in [0.2, 0.25) is 0 Å². The van der Waals surface area contributed by atoms with Crippen LogP contribution < -0.4 is 10.2 Å². The topological polar surface area (TPSA) is 63.6 Å². The summed E-state index contributed by atoms with van der Waals surface area (Å²) < 4.78 is 21.2. The number of thiazole rings is 1. The number of aromatic nitrogens is 1. The van der Waals surface area contributed by atoms with Gasteiger partial charge in [0.1, 0.15) is 18.2 Å². The predicted molar refractivity (Wildman–Crippen MR) is 123 cm³/mol. The SMILES string of the molecule is O=C(CSc1nc2ccccc2s1)N/N=C\c1ccc(OCc2ccccc2F)cc1. The fraction of sp³-hybridized carbons (Fsp3) is 0.0870. The summed E-state index contributed by atoms with van der Waals surface area (Å²) in [5.41, 5.74) is 4.76. The van der Waals surface area contributed by atoms with Crippen LogP contribution >= 0.6 is 23.1 Å². The Morgan fingerprint density at radius 2 is 1.87 bits per heavy atom. The molecule has 4 rings (SSSR count). The van der Waals surface area contributed by atoms with Crippen molar-refractivity contribution in [3.63, 3.8) is 0 Å². The zero-order valence-electron chi connectivity index (χ0n) is 16.3. The third kappa shape index (κ3) is 5.90. The number of ether oxygens (including phenoxy) is 1. The number of rotatable bonds is 8. The number of carbonyl (C=O) groups is 1. The van der Waals surface area contributed by atoms with E-state index in [4.69, 9.17) is 4.74 Å². The van der Waals surface area contributed by atoms with Gasteiger partial charge in [0.15, 0.2) is 4.34 Å². The van der Waals surface area contributed by atoms with Crippen LogP contribution in [0.4, 0.5) is 4.39 Å². The van der Waals surface area contributed by atoms with Gasteiger partial charge in [0.05, 0.1) is 22.2 Å². The van der Waals surface area contributed by atoms with Crippen LogP contribution in [0.1, 0.15) is 11.1 Å². The van der Waals surface area contributed by atoms with Crippen molar-refractivity contribution in [2.24, 2.45) is 5.10 Å². The average Bonchev–Trinajstić information content (AvgIpc) is 3.21. The Morgan fingerprint density at radius 3 is 2.68 bits per heavy atom. The second kappa shape index (κ2) is 10.2. The molecule has 0 saturated carbocycles. The molecule has 8 heteroatoms. The smallest absolute Gasteiger partial charge is 0.250 e. The highest BCUT2D eigenvalue weighted by Gasteiger charge is 2.07. The molecule has 0 aliphatic carbocycles. The number of fused-ring (bicyclic) bond motifs is 1. The molecule has 0 aliphatic rings. The van der Waals surface area contributed by atoms with Crippen LogP contribution in [-0.2, 0) is 11.4 Å². The molecule has 156 valence electrons. The fourth-order valence-corrected chi connectivity index (χ4v) is 4.54. The lowest BCUT2D eigenvalue weighted by molar-refractivity contribution is -0.118. The van der Waals surface area contributed by atoms with Gasteiger partial charge >= 0.3 is 0 Å². The van der Waals surface area contributed by atoms with Gasteiger partial charge in [-0.25, -0.2) is 14.8 Å². The minimum atomic E-state index is -0.289. The number of thioether (sulfide) groups is 1. The van der Waals surface area contributed by atoms with Gasteiger partial charge in [-0.05, 0) is 48.0 Å². The Morgan fingerprint density at radius 1 is 1.10 bits per heavy atom. The molecule has 0 unspecified atom stereocenters. The lowest BCUT2D eigenvalue weighted by atomic mass is 10.2. The lowest BCUT2D eigenvalue weighted by Gasteiger charge is -2.07. The van der Waals surface area contributed by atoms with Crippen LogP contribution in [0.25, 0.3) is 10.2 Å². The van der Waals surface area contributed by atoms with Crippen LogP contribution in [0.5, 0.6) is 5.75 Å². The summed E-state index contributed by atoms with van der Waals surface area (Å²) in [6.07, 6.45) is 1.56. The maximum atomic E-state index is 13.6. The molecule has 1 aromatic heterocycles. The summed E-state index contributed by atoms with van der Waals surface area (Å²) in [7, 11) is 0.